The Hall–Kier alpha value is -1.27. The lowest BCUT2D eigenvalue weighted by Gasteiger charge is -2.29. The van der Waals surface area contributed by atoms with Crippen molar-refractivity contribution >= 4 is 15.8 Å². The highest BCUT2D eigenvalue weighted by Gasteiger charge is 2.30. The maximum Gasteiger partial charge on any atom is 0.243 e. The predicted octanol–water partition coefficient (Wildman–Crippen LogP) is 1.96. The summed E-state index contributed by atoms with van der Waals surface area (Å²) in [6.45, 7) is 0. The summed E-state index contributed by atoms with van der Waals surface area (Å²) in [5.74, 6) is -0.402. The molecule has 0 atom stereocenters. The molecule has 6 heteroatoms. The third-order valence-electron chi connectivity index (χ3n) is 3.50. The van der Waals surface area contributed by atoms with Crippen LogP contribution in [-0.4, -0.2) is 31.6 Å². The Bertz CT molecular complexity index is 575. The summed E-state index contributed by atoms with van der Waals surface area (Å²) < 4.78 is 39.1. The van der Waals surface area contributed by atoms with Crippen molar-refractivity contribution in [2.45, 2.75) is 36.6 Å². The fourth-order valence-electron chi connectivity index (χ4n) is 2.28. The van der Waals surface area contributed by atoms with Gasteiger partial charge in [-0.3, -0.25) is 4.79 Å². The van der Waals surface area contributed by atoms with Crippen LogP contribution in [0.2, 0.25) is 0 Å². The molecule has 0 heterocycles. The van der Waals surface area contributed by atoms with Gasteiger partial charge in [0.1, 0.15) is 11.6 Å². The van der Waals surface area contributed by atoms with Gasteiger partial charge in [-0.2, -0.15) is 4.31 Å². The van der Waals surface area contributed by atoms with Gasteiger partial charge >= 0.3 is 0 Å². The number of hydrogen-bond donors (Lipinski definition) is 0. The van der Waals surface area contributed by atoms with Gasteiger partial charge in [-0.1, -0.05) is 6.07 Å². The average Bonchev–Trinajstić information content (AvgIpc) is 2.39. The third-order valence-corrected chi connectivity index (χ3v) is 5.41. The molecule has 1 aliphatic carbocycles. The number of carbonyl (C=O) groups is 1. The summed E-state index contributed by atoms with van der Waals surface area (Å²) in [6.07, 6.45) is 1.88. The Morgan fingerprint density at radius 3 is 2.47 bits per heavy atom. The van der Waals surface area contributed by atoms with Crippen LogP contribution in [0.3, 0.4) is 0 Å². The first-order chi connectivity index (χ1) is 8.91. The summed E-state index contributed by atoms with van der Waals surface area (Å²) in [7, 11) is -2.21. The third kappa shape index (κ3) is 3.01. The number of sulfonamides is 1. The highest BCUT2D eigenvalue weighted by molar-refractivity contribution is 7.89. The molecule has 1 fully saturated rings. The van der Waals surface area contributed by atoms with Crippen LogP contribution in [0.15, 0.2) is 29.2 Å². The number of halogens is 1. The zero-order valence-electron chi connectivity index (χ0n) is 10.7. The van der Waals surface area contributed by atoms with E-state index in [2.05, 4.69) is 0 Å². The first-order valence-electron chi connectivity index (χ1n) is 6.16. The molecule has 19 heavy (non-hydrogen) atoms. The van der Waals surface area contributed by atoms with Gasteiger partial charge in [0.05, 0.1) is 4.90 Å². The van der Waals surface area contributed by atoms with Gasteiger partial charge in [0.25, 0.3) is 0 Å². The SMILES string of the molecule is CN(C1CCC(=O)CC1)S(=O)(=O)c1cccc(F)c1. The molecule has 0 unspecified atom stereocenters. The smallest absolute Gasteiger partial charge is 0.243 e. The van der Waals surface area contributed by atoms with E-state index in [4.69, 9.17) is 0 Å². The van der Waals surface area contributed by atoms with Gasteiger partial charge in [-0.15, -0.1) is 0 Å². The van der Waals surface area contributed by atoms with Crippen LogP contribution in [0.1, 0.15) is 25.7 Å². The molecule has 0 aromatic heterocycles. The largest absolute Gasteiger partial charge is 0.300 e. The van der Waals surface area contributed by atoms with Crippen LogP contribution in [-0.2, 0) is 14.8 Å². The van der Waals surface area contributed by atoms with E-state index in [9.17, 15) is 17.6 Å². The number of nitrogens with zero attached hydrogens (tertiary/aromatic N) is 1. The average molecular weight is 285 g/mol. The topological polar surface area (TPSA) is 54.5 Å². The molecule has 1 aliphatic rings. The van der Waals surface area contributed by atoms with Crippen molar-refractivity contribution in [1.29, 1.82) is 0 Å². The van der Waals surface area contributed by atoms with Gasteiger partial charge in [0.2, 0.25) is 10.0 Å². The zero-order chi connectivity index (χ0) is 14.0. The molecule has 0 aliphatic heterocycles. The maximum atomic E-state index is 13.1. The monoisotopic (exact) mass is 285 g/mol. The van der Waals surface area contributed by atoms with E-state index >= 15 is 0 Å². The standard InChI is InChI=1S/C13H16FNO3S/c1-15(11-5-7-12(16)8-6-11)19(17,18)13-4-2-3-10(14)9-13/h2-4,9,11H,5-8H2,1H3. The second kappa shape index (κ2) is 5.38. The summed E-state index contributed by atoms with van der Waals surface area (Å²) >= 11 is 0. The Balaban J connectivity index is 2.22. The number of ketones is 1. The van der Waals surface area contributed by atoms with Crippen LogP contribution in [0, 0.1) is 5.82 Å². The number of Topliss-reactive ketones (excluding diaryl/α,β-unsaturated/α-hetero) is 1. The second-order valence-corrected chi connectivity index (χ2v) is 6.75. The van der Waals surface area contributed by atoms with Crippen molar-refractivity contribution in [2.24, 2.45) is 0 Å². The first kappa shape index (κ1) is 14.1. The molecule has 0 amide bonds. The quantitative estimate of drug-likeness (QED) is 0.853. The highest BCUT2D eigenvalue weighted by Crippen LogP contribution is 2.25. The molecule has 1 aromatic rings. The molecule has 0 spiro atoms. The molecule has 4 nitrogen and oxygen atoms in total. The lowest BCUT2D eigenvalue weighted by Crippen LogP contribution is -2.39. The molecule has 104 valence electrons. The predicted molar refractivity (Wildman–Crippen MR) is 68.6 cm³/mol. The van der Waals surface area contributed by atoms with E-state index in [1.165, 1.54) is 29.6 Å². The fourth-order valence-corrected chi connectivity index (χ4v) is 3.73. The Labute approximate surface area is 112 Å². The number of carbonyl (C=O) groups excluding carboxylic acids is 1. The Morgan fingerprint density at radius 2 is 1.89 bits per heavy atom. The lowest BCUT2D eigenvalue weighted by molar-refractivity contribution is -0.120. The molecule has 0 radical (unpaired) electrons. The maximum absolute atomic E-state index is 13.1. The first-order valence-corrected chi connectivity index (χ1v) is 7.60. The lowest BCUT2D eigenvalue weighted by atomic mass is 9.95. The van der Waals surface area contributed by atoms with Crippen LogP contribution >= 0.6 is 0 Å². The van der Waals surface area contributed by atoms with E-state index in [-0.39, 0.29) is 16.7 Å². The molecule has 1 aromatic carbocycles. The van der Waals surface area contributed by atoms with Gasteiger partial charge in [0.15, 0.2) is 0 Å². The molecular weight excluding hydrogens is 269 g/mol. The molecular formula is C13H16FNO3S. The van der Waals surface area contributed by atoms with E-state index < -0.39 is 15.8 Å². The molecule has 2 rings (SSSR count). The van der Waals surface area contributed by atoms with Gasteiger partial charge in [0, 0.05) is 25.9 Å². The number of benzene rings is 1. The Morgan fingerprint density at radius 1 is 1.26 bits per heavy atom. The minimum absolute atomic E-state index is 0.0492. The summed E-state index contributed by atoms with van der Waals surface area (Å²) in [6, 6.07) is 4.78. The van der Waals surface area contributed by atoms with E-state index in [1.54, 1.807) is 0 Å². The minimum Gasteiger partial charge on any atom is -0.300 e. The Kier molecular flexibility index (Phi) is 4.01. The molecule has 1 saturated carbocycles. The van der Waals surface area contributed by atoms with Gasteiger partial charge in [-0.05, 0) is 31.0 Å². The number of rotatable bonds is 3. The van der Waals surface area contributed by atoms with Gasteiger partial charge in [-0.25, -0.2) is 12.8 Å². The van der Waals surface area contributed by atoms with Crippen molar-refractivity contribution in [3.05, 3.63) is 30.1 Å². The summed E-state index contributed by atoms with van der Waals surface area (Å²) in [5, 5.41) is 0. The van der Waals surface area contributed by atoms with Crippen LogP contribution < -0.4 is 0 Å². The van der Waals surface area contributed by atoms with Crippen LogP contribution in [0.5, 0.6) is 0 Å². The highest BCUT2D eigenvalue weighted by atomic mass is 32.2. The summed E-state index contributed by atoms with van der Waals surface area (Å²) in [5.41, 5.74) is 0. The van der Waals surface area contributed by atoms with Crippen molar-refractivity contribution in [1.82, 2.24) is 4.31 Å². The molecule has 0 N–H and O–H groups in total. The van der Waals surface area contributed by atoms with E-state index in [0.29, 0.717) is 25.7 Å². The van der Waals surface area contributed by atoms with Crippen LogP contribution in [0.25, 0.3) is 0 Å². The van der Waals surface area contributed by atoms with Gasteiger partial charge < -0.3 is 0 Å². The van der Waals surface area contributed by atoms with Crippen molar-refractivity contribution in [3.63, 3.8) is 0 Å². The van der Waals surface area contributed by atoms with Crippen molar-refractivity contribution in [2.75, 3.05) is 7.05 Å². The van der Waals surface area contributed by atoms with E-state index in [0.717, 1.165) is 6.07 Å². The molecule has 0 bridgehead atoms. The molecule has 0 saturated heterocycles. The fraction of sp³-hybridized carbons (Fsp3) is 0.462. The minimum atomic E-state index is -3.70. The zero-order valence-corrected chi connectivity index (χ0v) is 11.5. The van der Waals surface area contributed by atoms with Crippen LogP contribution in [0.4, 0.5) is 4.39 Å². The van der Waals surface area contributed by atoms with Crippen molar-refractivity contribution < 1.29 is 17.6 Å². The summed E-state index contributed by atoms with van der Waals surface area (Å²) in [4.78, 5) is 11.1. The second-order valence-electron chi connectivity index (χ2n) is 4.75. The normalized spacial score (nSPS) is 17.9. The van der Waals surface area contributed by atoms with E-state index in [1.807, 2.05) is 0 Å². The van der Waals surface area contributed by atoms with Crippen molar-refractivity contribution in [3.8, 4) is 0 Å². The number of hydrogen-bond acceptors (Lipinski definition) is 3.